The van der Waals surface area contributed by atoms with Gasteiger partial charge in [0.15, 0.2) is 0 Å². The maximum atomic E-state index is 12.6. The summed E-state index contributed by atoms with van der Waals surface area (Å²) < 4.78 is 10.8. The summed E-state index contributed by atoms with van der Waals surface area (Å²) in [4.78, 5) is 37.7. The summed E-state index contributed by atoms with van der Waals surface area (Å²) in [7, 11) is 3.12. The molecule has 1 aromatic rings. The van der Waals surface area contributed by atoms with Crippen LogP contribution in [0, 0.1) is 0 Å². The first kappa shape index (κ1) is 18.6. The predicted molar refractivity (Wildman–Crippen MR) is 91.9 cm³/mol. The van der Waals surface area contributed by atoms with Gasteiger partial charge in [0.1, 0.15) is 24.0 Å². The zero-order chi connectivity index (χ0) is 18.8. The van der Waals surface area contributed by atoms with Crippen LogP contribution in [-0.2, 0) is 9.53 Å². The van der Waals surface area contributed by atoms with Gasteiger partial charge in [-0.2, -0.15) is 0 Å². The number of alkyl carbamates (subject to hydrolysis) is 1. The standard InChI is InChI=1S/C17H23N3O5/c1-17(2,3)25-16(23)19-11-9-24-13-8-10(14(21)18-4)6-7-12(13)20(5)15(11)22/h6-8,11H,9H2,1-5H3,(H,18,21)(H,19,23)/t11-/m0/s1. The molecule has 3 amide bonds. The molecule has 136 valence electrons. The molecule has 0 fully saturated rings. The first-order valence-electron chi connectivity index (χ1n) is 7.88. The van der Waals surface area contributed by atoms with Crippen molar-refractivity contribution in [1.82, 2.24) is 10.6 Å². The Kier molecular flexibility index (Phi) is 5.20. The average molecular weight is 349 g/mol. The molecule has 1 atom stereocenters. The van der Waals surface area contributed by atoms with E-state index in [9.17, 15) is 14.4 Å². The molecule has 0 radical (unpaired) electrons. The summed E-state index contributed by atoms with van der Waals surface area (Å²) >= 11 is 0. The quantitative estimate of drug-likeness (QED) is 0.839. The smallest absolute Gasteiger partial charge is 0.408 e. The highest BCUT2D eigenvalue weighted by Crippen LogP contribution is 2.31. The number of fused-ring (bicyclic) bond motifs is 1. The Labute approximate surface area is 146 Å². The molecule has 0 saturated carbocycles. The molecule has 1 heterocycles. The van der Waals surface area contributed by atoms with Crippen LogP contribution in [-0.4, -0.2) is 50.3 Å². The second-order valence-corrected chi connectivity index (χ2v) is 6.67. The van der Waals surface area contributed by atoms with Crippen molar-refractivity contribution in [2.75, 3.05) is 25.6 Å². The van der Waals surface area contributed by atoms with Crippen molar-refractivity contribution >= 4 is 23.6 Å². The normalized spacial score (nSPS) is 17.1. The molecule has 0 spiro atoms. The minimum Gasteiger partial charge on any atom is -0.489 e. The van der Waals surface area contributed by atoms with E-state index in [1.807, 2.05) is 0 Å². The van der Waals surface area contributed by atoms with Crippen molar-refractivity contribution in [2.45, 2.75) is 32.4 Å². The number of hydrogen-bond donors (Lipinski definition) is 2. The lowest BCUT2D eigenvalue weighted by Crippen LogP contribution is -2.50. The van der Waals surface area contributed by atoms with Crippen LogP contribution in [0.25, 0.3) is 0 Å². The molecule has 2 N–H and O–H groups in total. The number of rotatable bonds is 2. The Morgan fingerprint density at radius 3 is 2.60 bits per heavy atom. The van der Waals surface area contributed by atoms with Gasteiger partial charge in [0.2, 0.25) is 0 Å². The van der Waals surface area contributed by atoms with Crippen molar-refractivity contribution in [3.05, 3.63) is 23.8 Å². The minimum atomic E-state index is -0.893. The predicted octanol–water partition coefficient (Wildman–Crippen LogP) is 1.29. The number of likely N-dealkylation sites (N-methyl/N-ethyl adjacent to an activating group) is 1. The second kappa shape index (κ2) is 7.00. The fourth-order valence-corrected chi connectivity index (χ4v) is 2.34. The SMILES string of the molecule is CNC(=O)c1ccc2c(c1)OC[C@H](NC(=O)OC(C)(C)C)C(=O)N2C. The van der Waals surface area contributed by atoms with E-state index in [0.29, 0.717) is 17.0 Å². The van der Waals surface area contributed by atoms with Crippen LogP contribution < -0.4 is 20.3 Å². The number of benzene rings is 1. The van der Waals surface area contributed by atoms with Crippen LogP contribution >= 0.6 is 0 Å². The average Bonchev–Trinajstić information content (AvgIpc) is 2.64. The van der Waals surface area contributed by atoms with Crippen LogP contribution in [0.2, 0.25) is 0 Å². The number of carbonyl (C=O) groups is 3. The third kappa shape index (κ3) is 4.40. The lowest BCUT2D eigenvalue weighted by atomic mass is 10.1. The number of anilines is 1. The molecule has 2 rings (SSSR count). The van der Waals surface area contributed by atoms with Crippen LogP contribution in [0.4, 0.5) is 10.5 Å². The minimum absolute atomic E-state index is 0.0629. The van der Waals surface area contributed by atoms with Gasteiger partial charge in [-0.3, -0.25) is 9.59 Å². The zero-order valence-electron chi connectivity index (χ0n) is 15.0. The summed E-state index contributed by atoms with van der Waals surface area (Å²) in [6.45, 7) is 5.15. The van der Waals surface area contributed by atoms with Crippen molar-refractivity contribution in [1.29, 1.82) is 0 Å². The first-order valence-corrected chi connectivity index (χ1v) is 7.88. The maximum Gasteiger partial charge on any atom is 0.408 e. The first-order chi connectivity index (χ1) is 11.6. The molecule has 1 aromatic carbocycles. The van der Waals surface area contributed by atoms with Gasteiger partial charge in [-0.25, -0.2) is 4.79 Å². The van der Waals surface area contributed by atoms with Gasteiger partial charge in [0.25, 0.3) is 11.8 Å². The Morgan fingerprint density at radius 1 is 1.32 bits per heavy atom. The molecule has 25 heavy (non-hydrogen) atoms. The van der Waals surface area contributed by atoms with E-state index >= 15 is 0 Å². The van der Waals surface area contributed by atoms with Crippen molar-refractivity contribution < 1.29 is 23.9 Å². The molecule has 0 saturated heterocycles. The van der Waals surface area contributed by atoms with Crippen molar-refractivity contribution in [3.8, 4) is 5.75 Å². The maximum absolute atomic E-state index is 12.6. The molecule has 0 aliphatic carbocycles. The number of nitrogens with zero attached hydrogens (tertiary/aromatic N) is 1. The third-order valence-electron chi connectivity index (χ3n) is 3.54. The Balaban J connectivity index is 2.19. The fraction of sp³-hybridized carbons (Fsp3) is 0.471. The van der Waals surface area contributed by atoms with Crippen molar-refractivity contribution in [3.63, 3.8) is 0 Å². The summed E-state index contributed by atoms with van der Waals surface area (Å²) in [5.74, 6) is -0.198. The molecular weight excluding hydrogens is 326 g/mol. The lowest BCUT2D eigenvalue weighted by Gasteiger charge is -2.23. The molecule has 8 heteroatoms. The third-order valence-corrected chi connectivity index (χ3v) is 3.54. The highest BCUT2D eigenvalue weighted by Gasteiger charge is 2.32. The monoisotopic (exact) mass is 349 g/mol. The van der Waals surface area contributed by atoms with E-state index in [0.717, 1.165) is 0 Å². The van der Waals surface area contributed by atoms with Crippen molar-refractivity contribution in [2.24, 2.45) is 0 Å². The lowest BCUT2D eigenvalue weighted by molar-refractivity contribution is -0.120. The summed E-state index contributed by atoms with van der Waals surface area (Å²) in [5.41, 5.74) is 0.266. The number of carbonyl (C=O) groups excluding carboxylic acids is 3. The molecule has 0 bridgehead atoms. The number of nitrogens with one attached hydrogen (secondary N) is 2. The van der Waals surface area contributed by atoms with Crippen LogP contribution in [0.5, 0.6) is 5.75 Å². The molecule has 1 aliphatic heterocycles. The van der Waals surface area contributed by atoms with E-state index in [1.54, 1.807) is 46.0 Å². The van der Waals surface area contributed by atoms with E-state index in [1.165, 1.54) is 11.9 Å². The largest absolute Gasteiger partial charge is 0.489 e. The van der Waals surface area contributed by atoms with Gasteiger partial charge >= 0.3 is 6.09 Å². The highest BCUT2D eigenvalue weighted by molar-refractivity contribution is 6.01. The van der Waals surface area contributed by atoms with Gasteiger partial charge < -0.3 is 25.0 Å². The zero-order valence-corrected chi connectivity index (χ0v) is 15.0. The summed E-state index contributed by atoms with van der Waals surface area (Å²) in [6.07, 6.45) is -0.695. The molecule has 8 nitrogen and oxygen atoms in total. The number of ether oxygens (including phenoxy) is 2. The van der Waals surface area contributed by atoms with Crippen LogP contribution in [0.3, 0.4) is 0 Å². The Bertz CT molecular complexity index is 696. The van der Waals surface area contributed by atoms with Gasteiger partial charge in [0, 0.05) is 19.7 Å². The van der Waals surface area contributed by atoms with E-state index < -0.39 is 17.7 Å². The summed E-state index contributed by atoms with van der Waals surface area (Å²) in [6, 6.07) is 3.91. The van der Waals surface area contributed by atoms with Crippen LogP contribution in [0.15, 0.2) is 18.2 Å². The second-order valence-electron chi connectivity index (χ2n) is 6.67. The molecule has 1 aliphatic rings. The molecule has 0 aromatic heterocycles. The summed E-state index contributed by atoms with van der Waals surface area (Å²) in [5, 5.41) is 5.05. The Hall–Kier alpha value is -2.77. The van der Waals surface area contributed by atoms with E-state index in [4.69, 9.17) is 9.47 Å². The highest BCUT2D eigenvalue weighted by atomic mass is 16.6. The van der Waals surface area contributed by atoms with E-state index in [-0.39, 0.29) is 18.4 Å². The number of hydrogen-bond acceptors (Lipinski definition) is 5. The fourth-order valence-electron chi connectivity index (χ4n) is 2.34. The van der Waals surface area contributed by atoms with Crippen LogP contribution in [0.1, 0.15) is 31.1 Å². The Morgan fingerprint density at radius 2 is 2.00 bits per heavy atom. The number of amides is 3. The van der Waals surface area contributed by atoms with Gasteiger partial charge in [-0.05, 0) is 39.0 Å². The molecule has 0 unspecified atom stereocenters. The van der Waals surface area contributed by atoms with Gasteiger partial charge in [0.05, 0.1) is 5.69 Å². The topological polar surface area (TPSA) is 97.0 Å². The van der Waals surface area contributed by atoms with Gasteiger partial charge in [-0.1, -0.05) is 0 Å². The van der Waals surface area contributed by atoms with E-state index in [2.05, 4.69) is 10.6 Å². The molecular formula is C17H23N3O5. The van der Waals surface area contributed by atoms with Gasteiger partial charge in [-0.15, -0.1) is 0 Å².